The zero-order valence-corrected chi connectivity index (χ0v) is 24.2. The largest absolute Gasteiger partial charge is 0.469 e. The van der Waals surface area contributed by atoms with Gasteiger partial charge in [-0.1, -0.05) is 44.7 Å². The topological polar surface area (TPSA) is 67.4 Å². The van der Waals surface area contributed by atoms with Crippen LogP contribution in [0.25, 0.3) is 0 Å². The third-order valence-electron chi connectivity index (χ3n) is 8.45. The minimum atomic E-state index is -0.321. The summed E-state index contributed by atoms with van der Waals surface area (Å²) < 4.78 is 9.45. The number of methoxy groups -OCH3 is 1. The second kappa shape index (κ2) is 13.1. The zero-order valence-electron chi connectivity index (χ0n) is 21.8. The number of hydrogen-bond acceptors (Lipinski definition) is 6. The van der Waals surface area contributed by atoms with E-state index in [9.17, 15) is 9.59 Å². The summed E-state index contributed by atoms with van der Waals surface area (Å²) in [5.41, 5.74) is -0.575. The van der Waals surface area contributed by atoms with Gasteiger partial charge in [-0.3, -0.25) is 4.79 Å². The van der Waals surface area contributed by atoms with Gasteiger partial charge in [-0.05, 0) is 110 Å². The molecule has 3 aliphatic carbocycles. The SMILES string of the molecule is CCC1CC2CC(CC(C)(C(=O)OC)C2)C1NC.O=CC1(NSc2ccccc2Br)CCCCC1. The molecule has 196 valence electrons. The highest BCUT2D eigenvalue weighted by atomic mass is 79.9. The molecule has 5 unspecified atom stereocenters. The number of carbonyl (C=O) groups is 2. The van der Waals surface area contributed by atoms with E-state index in [0.29, 0.717) is 17.9 Å². The van der Waals surface area contributed by atoms with Crippen molar-refractivity contribution < 1.29 is 14.3 Å². The van der Waals surface area contributed by atoms with Crippen molar-refractivity contribution in [1.29, 1.82) is 0 Å². The van der Waals surface area contributed by atoms with Crippen LogP contribution in [0.1, 0.15) is 78.1 Å². The van der Waals surface area contributed by atoms with Gasteiger partial charge >= 0.3 is 5.97 Å². The Morgan fingerprint density at radius 3 is 2.51 bits per heavy atom. The lowest BCUT2D eigenvalue weighted by atomic mass is 9.57. The Kier molecular flexibility index (Phi) is 10.7. The number of halogens is 1. The number of carbonyl (C=O) groups excluding carboxylic acids is 2. The molecule has 0 aromatic heterocycles. The van der Waals surface area contributed by atoms with Crippen LogP contribution in [0.4, 0.5) is 0 Å². The average Bonchev–Trinajstić information content (AvgIpc) is 2.88. The first-order chi connectivity index (χ1) is 16.8. The van der Waals surface area contributed by atoms with Gasteiger partial charge in [0.05, 0.1) is 18.1 Å². The van der Waals surface area contributed by atoms with Gasteiger partial charge in [0.15, 0.2) is 0 Å². The number of esters is 1. The predicted octanol–water partition coefficient (Wildman–Crippen LogP) is 6.55. The number of benzene rings is 1. The van der Waals surface area contributed by atoms with Gasteiger partial charge in [0, 0.05) is 15.4 Å². The molecule has 3 fully saturated rings. The Balaban J connectivity index is 0.000000196. The van der Waals surface area contributed by atoms with E-state index in [1.807, 2.05) is 24.3 Å². The summed E-state index contributed by atoms with van der Waals surface area (Å²) >= 11 is 5.06. The molecule has 4 rings (SSSR count). The molecule has 2 N–H and O–H groups in total. The maximum Gasteiger partial charge on any atom is 0.311 e. The average molecular weight is 568 g/mol. The second-order valence-electron chi connectivity index (χ2n) is 11.0. The van der Waals surface area contributed by atoms with Gasteiger partial charge in [0.1, 0.15) is 6.29 Å². The van der Waals surface area contributed by atoms with Crippen LogP contribution in [-0.2, 0) is 14.3 Å². The molecule has 5 nitrogen and oxygen atoms in total. The summed E-state index contributed by atoms with van der Waals surface area (Å²) in [5, 5.41) is 3.50. The Bertz CT molecular complexity index is 847. The Labute approximate surface area is 224 Å². The van der Waals surface area contributed by atoms with E-state index in [-0.39, 0.29) is 16.9 Å². The molecule has 3 aliphatic rings. The lowest BCUT2D eigenvalue weighted by Crippen LogP contribution is -2.52. The highest BCUT2D eigenvalue weighted by Gasteiger charge is 2.49. The molecular formula is C28H43BrN2O3S. The molecule has 0 heterocycles. The summed E-state index contributed by atoms with van der Waals surface area (Å²) in [7, 11) is 3.58. The molecule has 0 saturated heterocycles. The maximum atomic E-state index is 12.0. The van der Waals surface area contributed by atoms with E-state index < -0.39 is 0 Å². The molecule has 7 heteroatoms. The van der Waals surface area contributed by atoms with Crippen molar-refractivity contribution in [3.05, 3.63) is 28.7 Å². The quantitative estimate of drug-likeness (QED) is 0.221. The van der Waals surface area contributed by atoms with Crippen molar-refractivity contribution in [3.8, 4) is 0 Å². The minimum Gasteiger partial charge on any atom is -0.469 e. The van der Waals surface area contributed by atoms with Gasteiger partial charge in [-0.25, -0.2) is 4.72 Å². The van der Waals surface area contributed by atoms with Crippen LogP contribution in [0, 0.1) is 23.2 Å². The number of hydrogen-bond donors (Lipinski definition) is 2. The number of nitrogens with one attached hydrogen (secondary N) is 2. The first-order valence-corrected chi connectivity index (χ1v) is 14.8. The molecule has 0 spiro atoms. The number of rotatable bonds is 7. The van der Waals surface area contributed by atoms with Crippen LogP contribution in [-0.4, -0.2) is 38.0 Å². The first-order valence-electron chi connectivity index (χ1n) is 13.2. The Morgan fingerprint density at radius 2 is 1.91 bits per heavy atom. The van der Waals surface area contributed by atoms with Gasteiger partial charge in [-0.15, -0.1) is 0 Å². The second-order valence-corrected chi connectivity index (χ2v) is 12.7. The van der Waals surface area contributed by atoms with Crippen LogP contribution in [0.15, 0.2) is 33.6 Å². The summed E-state index contributed by atoms with van der Waals surface area (Å²) in [4.78, 5) is 24.4. The summed E-state index contributed by atoms with van der Waals surface area (Å²) in [6, 6.07) is 8.63. The fourth-order valence-electron chi connectivity index (χ4n) is 6.72. The lowest BCUT2D eigenvalue weighted by Gasteiger charge is -2.50. The first kappa shape index (κ1) is 28.7. The molecule has 1 aromatic rings. The summed E-state index contributed by atoms with van der Waals surface area (Å²) in [5.74, 6) is 2.11. The fraction of sp³-hybridized carbons (Fsp3) is 0.714. The van der Waals surface area contributed by atoms with Crippen LogP contribution in [0.3, 0.4) is 0 Å². The molecule has 1 aromatic carbocycles. The highest BCUT2D eigenvalue weighted by molar-refractivity contribution is 9.10. The third-order valence-corrected chi connectivity index (χ3v) is 10.5. The summed E-state index contributed by atoms with van der Waals surface area (Å²) in [6.07, 6.45) is 12.3. The lowest BCUT2D eigenvalue weighted by molar-refractivity contribution is -0.158. The predicted molar refractivity (Wildman–Crippen MR) is 147 cm³/mol. The molecule has 0 aliphatic heterocycles. The van der Waals surface area contributed by atoms with E-state index >= 15 is 0 Å². The van der Waals surface area contributed by atoms with Gasteiger partial charge in [0.25, 0.3) is 0 Å². The van der Waals surface area contributed by atoms with E-state index in [1.54, 1.807) is 11.9 Å². The van der Waals surface area contributed by atoms with Gasteiger partial charge in [0.2, 0.25) is 0 Å². The van der Waals surface area contributed by atoms with Crippen molar-refractivity contribution >= 4 is 40.1 Å². The molecule has 35 heavy (non-hydrogen) atoms. The van der Waals surface area contributed by atoms with Crippen molar-refractivity contribution in [2.24, 2.45) is 23.2 Å². The molecular weight excluding hydrogens is 524 g/mol. The number of aldehydes is 1. The van der Waals surface area contributed by atoms with Crippen molar-refractivity contribution in [2.45, 2.75) is 94.5 Å². The molecule has 5 atom stereocenters. The Hall–Kier alpha value is -0.890. The molecule has 0 amide bonds. The van der Waals surface area contributed by atoms with Crippen LogP contribution >= 0.6 is 27.9 Å². The molecule has 0 radical (unpaired) electrons. The monoisotopic (exact) mass is 566 g/mol. The zero-order chi connectivity index (χ0) is 25.5. The van der Waals surface area contributed by atoms with Crippen molar-refractivity contribution in [2.75, 3.05) is 14.2 Å². The van der Waals surface area contributed by atoms with Crippen molar-refractivity contribution in [1.82, 2.24) is 10.0 Å². The maximum absolute atomic E-state index is 12.0. The standard InChI is InChI=1S/C15H27NO2.C13H16BrNOS/c1-5-11-6-10-7-12(13(11)16-3)9-15(2,8-10)14(17)18-4;14-11-6-2-3-7-12(11)17-15-13(10-16)8-4-1-5-9-13/h10-13,16H,5-9H2,1-4H3;2-3,6-7,10,15H,1,4-5,8-9H2. The van der Waals surface area contributed by atoms with Crippen LogP contribution in [0.2, 0.25) is 0 Å². The summed E-state index contributed by atoms with van der Waals surface area (Å²) in [6.45, 7) is 4.38. The van der Waals surface area contributed by atoms with Crippen LogP contribution in [0.5, 0.6) is 0 Å². The van der Waals surface area contributed by atoms with E-state index in [0.717, 1.165) is 60.1 Å². The number of fused-ring (bicyclic) bond motifs is 2. The van der Waals surface area contributed by atoms with Crippen LogP contribution < -0.4 is 10.0 Å². The molecule has 2 bridgehead atoms. The van der Waals surface area contributed by atoms with E-state index in [4.69, 9.17) is 4.74 Å². The Morgan fingerprint density at radius 1 is 1.20 bits per heavy atom. The smallest absolute Gasteiger partial charge is 0.311 e. The van der Waals surface area contributed by atoms with Crippen molar-refractivity contribution in [3.63, 3.8) is 0 Å². The van der Waals surface area contributed by atoms with Gasteiger partial charge in [-0.2, -0.15) is 0 Å². The number of ether oxygens (including phenoxy) is 1. The van der Waals surface area contributed by atoms with E-state index in [2.05, 4.69) is 46.9 Å². The van der Waals surface area contributed by atoms with Gasteiger partial charge < -0.3 is 14.8 Å². The highest BCUT2D eigenvalue weighted by Crippen LogP contribution is 2.51. The third kappa shape index (κ3) is 7.12. The fourth-order valence-corrected chi connectivity index (χ4v) is 8.13. The normalized spacial score (nSPS) is 31.6. The van der Waals surface area contributed by atoms with E-state index in [1.165, 1.54) is 32.8 Å². The minimum absolute atomic E-state index is 0.0120. The molecule has 3 saturated carbocycles.